The van der Waals surface area contributed by atoms with Gasteiger partial charge in [-0.25, -0.2) is 0 Å². The van der Waals surface area contributed by atoms with Crippen LogP contribution in [0.15, 0.2) is 57.7 Å². The number of benzene rings is 2. The first kappa shape index (κ1) is 16.0. The fourth-order valence-electron chi connectivity index (χ4n) is 2.38. The molecular formula is C16H13NO6S. The number of hydrogen-bond donors (Lipinski definition) is 2. The molecular weight excluding hydrogens is 334 g/mol. The summed E-state index contributed by atoms with van der Waals surface area (Å²) in [5.74, 6) is 0.0164. The number of nitrogens with one attached hydrogen (secondary N) is 1. The van der Waals surface area contributed by atoms with Crippen LogP contribution in [0, 0.1) is 0 Å². The van der Waals surface area contributed by atoms with Crippen molar-refractivity contribution in [3.8, 4) is 17.1 Å². The third-order valence-corrected chi connectivity index (χ3v) is 3.85. The van der Waals surface area contributed by atoms with Crippen LogP contribution in [0.25, 0.3) is 22.1 Å². The number of rotatable bonds is 4. The Morgan fingerprint density at radius 3 is 2.46 bits per heavy atom. The lowest BCUT2D eigenvalue weighted by atomic mass is 10.0. The van der Waals surface area contributed by atoms with Crippen molar-refractivity contribution in [1.29, 1.82) is 0 Å². The Bertz CT molecular complexity index is 1060. The molecule has 2 aromatic carbocycles. The Morgan fingerprint density at radius 1 is 1.12 bits per heavy atom. The third kappa shape index (κ3) is 3.10. The standard InChI is InChI=1S/C16H13NO6S/c1-22-16-14(10-5-3-2-4-6-10)15(18)12-8-7-11(9-13(12)23-16)17-24(19,20)21/h2-9,17H,1H3,(H,19,20,21). The summed E-state index contributed by atoms with van der Waals surface area (Å²) < 4.78 is 43.3. The van der Waals surface area contributed by atoms with Crippen LogP contribution in [0.2, 0.25) is 0 Å². The van der Waals surface area contributed by atoms with E-state index >= 15 is 0 Å². The second kappa shape index (κ2) is 5.99. The van der Waals surface area contributed by atoms with Crippen molar-refractivity contribution < 1.29 is 22.1 Å². The first-order valence-corrected chi connectivity index (χ1v) is 8.28. The average Bonchev–Trinajstić information content (AvgIpc) is 2.53. The first-order chi connectivity index (χ1) is 11.4. The van der Waals surface area contributed by atoms with Gasteiger partial charge in [0.25, 0.3) is 5.95 Å². The second-order valence-corrected chi connectivity index (χ2v) is 6.11. The van der Waals surface area contributed by atoms with E-state index < -0.39 is 10.3 Å². The van der Waals surface area contributed by atoms with Gasteiger partial charge in [0, 0.05) is 6.07 Å². The van der Waals surface area contributed by atoms with Crippen molar-refractivity contribution in [1.82, 2.24) is 0 Å². The molecule has 0 radical (unpaired) electrons. The maximum absolute atomic E-state index is 12.8. The minimum Gasteiger partial charge on any atom is -0.468 e. The summed E-state index contributed by atoms with van der Waals surface area (Å²) in [6.07, 6.45) is 0. The second-order valence-electron chi connectivity index (χ2n) is 4.95. The van der Waals surface area contributed by atoms with E-state index in [1.54, 1.807) is 24.3 Å². The van der Waals surface area contributed by atoms with Crippen LogP contribution in [0.5, 0.6) is 5.95 Å². The highest BCUT2D eigenvalue weighted by Crippen LogP contribution is 2.31. The van der Waals surface area contributed by atoms with Crippen molar-refractivity contribution in [2.45, 2.75) is 0 Å². The largest absolute Gasteiger partial charge is 0.468 e. The number of ether oxygens (including phenoxy) is 1. The van der Waals surface area contributed by atoms with Gasteiger partial charge >= 0.3 is 10.3 Å². The summed E-state index contributed by atoms with van der Waals surface area (Å²) in [6, 6.07) is 13.0. The lowest BCUT2D eigenvalue weighted by molar-refractivity contribution is 0.312. The Kier molecular flexibility index (Phi) is 4.00. The molecule has 2 N–H and O–H groups in total. The molecule has 0 spiro atoms. The molecule has 8 heteroatoms. The van der Waals surface area contributed by atoms with Gasteiger partial charge < -0.3 is 9.15 Å². The maximum atomic E-state index is 12.8. The summed E-state index contributed by atoms with van der Waals surface area (Å²) in [6.45, 7) is 0. The number of hydrogen-bond acceptors (Lipinski definition) is 5. The van der Waals surface area contributed by atoms with Crippen molar-refractivity contribution in [3.05, 3.63) is 58.8 Å². The van der Waals surface area contributed by atoms with E-state index in [-0.39, 0.29) is 33.6 Å². The zero-order valence-electron chi connectivity index (χ0n) is 12.5. The Hall–Kier alpha value is -2.84. The minimum atomic E-state index is -4.42. The molecule has 0 amide bonds. The molecule has 0 saturated carbocycles. The molecule has 3 aromatic rings. The van der Waals surface area contributed by atoms with Crippen LogP contribution in [-0.4, -0.2) is 20.1 Å². The number of anilines is 1. The highest BCUT2D eigenvalue weighted by atomic mass is 32.2. The van der Waals surface area contributed by atoms with Crippen molar-refractivity contribution in [2.24, 2.45) is 0 Å². The van der Waals surface area contributed by atoms with E-state index in [9.17, 15) is 13.2 Å². The lowest BCUT2D eigenvalue weighted by Crippen LogP contribution is -2.11. The summed E-state index contributed by atoms with van der Waals surface area (Å²) in [7, 11) is -3.05. The molecule has 124 valence electrons. The van der Waals surface area contributed by atoms with Crippen LogP contribution in [0.4, 0.5) is 5.69 Å². The summed E-state index contributed by atoms with van der Waals surface area (Å²) in [5.41, 5.74) is 0.803. The molecule has 0 unspecified atom stereocenters. The average molecular weight is 347 g/mol. The zero-order chi connectivity index (χ0) is 17.3. The molecule has 0 saturated heterocycles. The normalized spacial score (nSPS) is 11.4. The highest BCUT2D eigenvalue weighted by Gasteiger charge is 2.17. The minimum absolute atomic E-state index is 0.0164. The van der Waals surface area contributed by atoms with Gasteiger partial charge in [-0.2, -0.15) is 8.42 Å². The molecule has 0 aliphatic rings. The van der Waals surface area contributed by atoms with Crippen molar-refractivity contribution >= 4 is 27.0 Å². The Balaban J connectivity index is 2.25. The van der Waals surface area contributed by atoms with E-state index in [1.165, 1.54) is 25.3 Å². The predicted octanol–water partition coefficient (Wildman–Crippen LogP) is 2.68. The van der Waals surface area contributed by atoms with Crippen LogP contribution < -0.4 is 14.9 Å². The van der Waals surface area contributed by atoms with E-state index in [0.717, 1.165) is 0 Å². The molecule has 1 aromatic heterocycles. The SMILES string of the molecule is COc1oc2cc(NS(=O)(=O)O)ccc2c(=O)c1-c1ccccc1. The quantitative estimate of drug-likeness (QED) is 0.703. The van der Waals surface area contributed by atoms with Gasteiger partial charge in [0.2, 0.25) is 5.43 Å². The van der Waals surface area contributed by atoms with Crippen LogP contribution in [-0.2, 0) is 10.3 Å². The smallest absolute Gasteiger partial charge is 0.357 e. The fraction of sp³-hybridized carbons (Fsp3) is 0.0625. The molecule has 0 fully saturated rings. The van der Waals surface area contributed by atoms with Crippen LogP contribution >= 0.6 is 0 Å². The maximum Gasteiger partial charge on any atom is 0.357 e. The van der Waals surface area contributed by atoms with Gasteiger partial charge in [-0.1, -0.05) is 30.3 Å². The monoisotopic (exact) mass is 347 g/mol. The Labute approximate surface area is 137 Å². The molecule has 0 atom stereocenters. The fourth-order valence-corrected chi connectivity index (χ4v) is 2.81. The molecule has 0 aliphatic heterocycles. The lowest BCUT2D eigenvalue weighted by Gasteiger charge is -2.09. The first-order valence-electron chi connectivity index (χ1n) is 6.84. The zero-order valence-corrected chi connectivity index (χ0v) is 13.3. The van der Waals surface area contributed by atoms with Gasteiger partial charge in [0.05, 0.1) is 18.2 Å². The Morgan fingerprint density at radius 2 is 1.83 bits per heavy atom. The molecule has 3 rings (SSSR count). The van der Waals surface area contributed by atoms with Crippen LogP contribution in [0.3, 0.4) is 0 Å². The molecule has 7 nitrogen and oxygen atoms in total. The van der Waals surface area contributed by atoms with Gasteiger partial charge in [-0.15, -0.1) is 0 Å². The third-order valence-electron chi connectivity index (χ3n) is 3.35. The molecule has 0 bridgehead atoms. The molecule has 24 heavy (non-hydrogen) atoms. The number of fused-ring (bicyclic) bond motifs is 1. The van der Waals surface area contributed by atoms with E-state index in [1.807, 2.05) is 10.8 Å². The predicted molar refractivity (Wildman–Crippen MR) is 89.6 cm³/mol. The van der Waals surface area contributed by atoms with Gasteiger partial charge in [0.1, 0.15) is 11.1 Å². The van der Waals surface area contributed by atoms with Crippen molar-refractivity contribution in [2.75, 3.05) is 11.8 Å². The summed E-state index contributed by atoms with van der Waals surface area (Å²) >= 11 is 0. The topological polar surface area (TPSA) is 106 Å². The summed E-state index contributed by atoms with van der Waals surface area (Å²) in [5, 5.41) is 0.260. The van der Waals surface area contributed by atoms with Gasteiger partial charge in [0.15, 0.2) is 0 Å². The highest BCUT2D eigenvalue weighted by molar-refractivity contribution is 7.87. The van der Waals surface area contributed by atoms with E-state index in [4.69, 9.17) is 13.7 Å². The summed E-state index contributed by atoms with van der Waals surface area (Å²) in [4.78, 5) is 12.8. The van der Waals surface area contributed by atoms with E-state index in [2.05, 4.69) is 0 Å². The number of methoxy groups -OCH3 is 1. The van der Waals surface area contributed by atoms with Crippen LogP contribution in [0.1, 0.15) is 0 Å². The molecule has 1 heterocycles. The van der Waals surface area contributed by atoms with E-state index in [0.29, 0.717) is 5.56 Å². The van der Waals surface area contributed by atoms with Crippen molar-refractivity contribution in [3.63, 3.8) is 0 Å². The van der Waals surface area contributed by atoms with Gasteiger partial charge in [-0.05, 0) is 17.7 Å². The van der Waals surface area contributed by atoms with Gasteiger partial charge in [-0.3, -0.25) is 14.1 Å². The molecule has 0 aliphatic carbocycles.